The van der Waals surface area contributed by atoms with E-state index >= 15 is 0 Å². The maximum Gasteiger partial charge on any atom is 0.329 e. The van der Waals surface area contributed by atoms with Crippen LogP contribution < -0.4 is 5.32 Å². The van der Waals surface area contributed by atoms with E-state index in [9.17, 15) is 9.90 Å². The molecule has 1 aromatic rings. The fourth-order valence-corrected chi connectivity index (χ4v) is 2.42. The third-order valence-corrected chi connectivity index (χ3v) is 3.62. The van der Waals surface area contributed by atoms with Gasteiger partial charge in [-0.1, -0.05) is 24.4 Å². The van der Waals surface area contributed by atoms with Crippen LogP contribution in [0.25, 0.3) is 0 Å². The van der Waals surface area contributed by atoms with Crippen molar-refractivity contribution in [3.05, 3.63) is 22.8 Å². The summed E-state index contributed by atoms with van der Waals surface area (Å²) in [4.78, 5) is 15.4. The first-order chi connectivity index (χ1) is 8.59. The van der Waals surface area contributed by atoms with Crippen molar-refractivity contribution in [3.8, 4) is 6.07 Å². The molecule has 0 aliphatic heterocycles. The molecule has 5 nitrogen and oxygen atoms in total. The fraction of sp³-hybridized carbons (Fsp3) is 0.417. The first-order valence-corrected chi connectivity index (χ1v) is 6.03. The molecular weight excluding hydrogens is 254 g/mol. The molecule has 1 saturated carbocycles. The number of rotatable bonds is 3. The van der Waals surface area contributed by atoms with Crippen LogP contribution in [0.2, 0.25) is 5.02 Å². The van der Waals surface area contributed by atoms with E-state index in [1.54, 1.807) is 0 Å². The Kier molecular flexibility index (Phi) is 3.39. The van der Waals surface area contributed by atoms with Gasteiger partial charge in [0, 0.05) is 6.20 Å². The van der Waals surface area contributed by atoms with Crippen LogP contribution in [-0.2, 0) is 4.79 Å². The predicted molar refractivity (Wildman–Crippen MR) is 66.4 cm³/mol. The predicted octanol–water partition coefficient (Wildman–Crippen LogP) is 2.42. The molecule has 1 aliphatic carbocycles. The van der Waals surface area contributed by atoms with Crippen molar-refractivity contribution in [2.45, 2.75) is 31.2 Å². The van der Waals surface area contributed by atoms with Gasteiger partial charge in [0.1, 0.15) is 22.4 Å². The summed E-state index contributed by atoms with van der Waals surface area (Å²) in [5.74, 6) is -0.639. The Morgan fingerprint density at radius 3 is 2.78 bits per heavy atom. The van der Waals surface area contributed by atoms with E-state index in [0.29, 0.717) is 12.8 Å². The van der Waals surface area contributed by atoms with Gasteiger partial charge in [0.25, 0.3) is 0 Å². The molecule has 0 atom stereocenters. The minimum absolute atomic E-state index is 0.174. The first kappa shape index (κ1) is 12.7. The molecule has 1 fully saturated rings. The highest BCUT2D eigenvalue weighted by molar-refractivity contribution is 6.34. The summed E-state index contributed by atoms with van der Waals surface area (Å²) < 4.78 is 0. The summed E-state index contributed by atoms with van der Waals surface area (Å²) >= 11 is 6.01. The van der Waals surface area contributed by atoms with Crippen molar-refractivity contribution in [2.75, 3.05) is 5.32 Å². The number of nitriles is 1. The molecule has 0 aromatic carbocycles. The number of hydrogen-bond acceptors (Lipinski definition) is 4. The molecule has 0 spiro atoms. The number of carbonyl (C=O) groups is 1. The van der Waals surface area contributed by atoms with Crippen LogP contribution in [0.3, 0.4) is 0 Å². The largest absolute Gasteiger partial charge is 0.480 e. The molecule has 18 heavy (non-hydrogen) atoms. The van der Waals surface area contributed by atoms with Crippen LogP contribution in [0.5, 0.6) is 0 Å². The molecule has 0 amide bonds. The number of hydrogen-bond donors (Lipinski definition) is 2. The van der Waals surface area contributed by atoms with Gasteiger partial charge >= 0.3 is 5.97 Å². The van der Waals surface area contributed by atoms with Crippen LogP contribution in [0, 0.1) is 11.3 Å². The summed E-state index contributed by atoms with van der Waals surface area (Å²) in [6, 6.07) is 3.44. The van der Waals surface area contributed by atoms with Crippen molar-refractivity contribution in [3.63, 3.8) is 0 Å². The molecule has 0 radical (unpaired) electrons. The summed E-state index contributed by atoms with van der Waals surface area (Å²) in [7, 11) is 0. The minimum atomic E-state index is -1.01. The van der Waals surface area contributed by atoms with Crippen molar-refractivity contribution in [1.82, 2.24) is 4.98 Å². The lowest BCUT2D eigenvalue weighted by molar-refractivity contribution is -0.142. The Morgan fingerprint density at radius 1 is 1.56 bits per heavy atom. The van der Waals surface area contributed by atoms with Gasteiger partial charge in [-0.05, 0) is 18.9 Å². The van der Waals surface area contributed by atoms with Crippen LogP contribution in [0.4, 0.5) is 5.82 Å². The zero-order valence-corrected chi connectivity index (χ0v) is 10.4. The number of nitrogens with zero attached hydrogens (tertiary/aromatic N) is 2. The normalized spacial score (nSPS) is 17.1. The molecule has 1 heterocycles. The lowest BCUT2D eigenvalue weighted by atomic mass is 9.98. The molecule has 1 aliphatic rings. The highest BCUT2D eigenvalue weighted by Crippen LogP contribution is 2.35. The second-order valence-electron chi connectivity index (χ2n) is 4.35. The molecule has 2 rings (SSSR count). The molecule has 1 aromatic heterocycles. The van der Waals surface area contributed by atoms with Crippen LogP contribution >= 0.6 is 11.6 Å². The maximum absolute atomic E-state index is 11.4. The van der Waals surface area contributed by atoms with Crippen LogP contribution in [-0.4, -0.2) is 21.6 Å². The second kappa shape index (κ2) is 4.83. The summed E-state index contributed by atoms with van der Waals surface area (Å²) in [5, 5.41) is 21.3. The molecule has 6 heteroatoms. The standard InChI is InChI=1S/C12H12ClN3O2/c13-9-8(7-14)3-6-15-10(9)16-12(11(17)18)4-1-2-5-12/h3,6H,1-2,4-5H2,(H,15,16)(H,17,18). The fourth-order valence-electron chi connectivity index (χ4n) is 2.21. The highest BCUT2D eigenvalue weighted by atomic mass is 35.5. The smallest absolute Gasteiger partial charge is 0.329 e. The lowest BCUT2D eigenvalue weighted by Gasteiger charge is -2.26. The number of anilines is 1. The lowest BCUT2D eigenvalue weighted by Crippen LogP contribution is -2.44. The Hall–Kier alpha value is -1.80. The van der Waals surface area contributed by atoms with Crippen LogP contribution in [0.1, 0.15) is 31.2 Å². The van der Waals surface area contributed by atoms with E-state index in [0.717, 1.165) is 12.8 Å². The Bertz CT molecular complexity index is 519. The Morgan fingerprint density at radius 2 is 2.22 bits per heavy atom. The van der Waals surface area contributed by atoms with Crippen LogP contribution in [0.15, 0.2) is 12.3 Å². The van der Waals surface area contributed by atoms with E-state index in [2.05, 4.69) is 10.3 Å². The van der Waals surface area contributed by atoms with Crippen molar-refractivity contribution < 1.29 is 9.90 Å². The van der Waals surface area contributed by atoms with E-state index in [1.807, 2.05) is 6.07 Å². The molecular formula is C12H12ClN3O2. The van der Waals surface area contributed by atoms with E-state index in [-0.39, 0.29) is 16.4 Å². The van der Waals surface area contributed by atoms with Gasteiger partial charge in [-0.3, -0.25) is 0 Å². The summed E-state index contributed by atoms with van der Waals surface area (Å²) in [6.07, 6.45) is 4.23. The quantitative estimate of drug-likeness (QED) is 0.876. The van der Waals surface area contributed by atoms with Gasteiger partial charge in [-0.15, -0.1) is 0 Å². The van der Waals surface area contributed by atoms with Gasteiger partial charge in [0.15, 0.2) is 0 Å². The molecule has 94 valence electrons. The molecule has 0 saturated heterocycles. The zero-order valence-electron chi connectivity index (χ0n) is 9.61. The monoisotopic (exact) mass is 265 g/mol. The van der Waals surface area contributed by atoms with Crippen molar-refractivity contribution >= 4 is 23.4 Å². The number of halogens is 1. The summed E-state index contributed by atoms with van der Waals surface area (Å²) in [6.45, 7) is 0. The Balaban J connectivity index is 2.34. The van der Waals surface area contributed by atoms with Gasteiger partial charge in [0.2, 0.25) is 0 Å². The van der Waals surface area contributed by atoms with Gasteiger partial charge in [0.05, 0.1) is 5.56 Å². The second-order valence-corrected chi connectivity index (χ2v) is 4.73. The molecule has 2 N–H and O–H groups in total. The Labute approximate surface area is 109 Å². The summed E-state index contributed by atoms with van der Waals surface area (Å²) in [5.41, 5.74) is -0.724. The number of nitrogens with one attached hydrogen (secondary N) is 1. The van der Waals surface area contributed by atoms with Gasteiger partial charge in [-0.2, -0.15) is 5.26 Å². The van der Waals surface area contributed by atoms with Crippen molar-refractivity contribution in [2.24, 2.45) is 0 Å². The minimum Gasteiger partial charge on any atom is -0.480 e. The zero-order chi connectivity index (χ0) is 13.2. The highest BCUT2D eigenvalue weighted by Gasteiger charge is 2.42. The number of aliphatic carboxylic acids is 1. The topological polar surface area (TPSA) is 86.0 Å². The average Bonchev–Trinajstić information content (AvgIpc) is 2.82. The SMILES string of the molecule is N#Cc1ccnc(NC2(C(=O)O)CCCC2)c1Cl. The first-order valence-electron chi connectivity index (χ1n) is 5.65. The molecule has 0 bridgehead atoms. The molecule has 0 unspecified atom stereocenters. The number of pyridine rings is 1. The van der Waals surface area contributed by atoms with Gasteiger partial charge in [-0.25, -0.2) is 9.78 Å². The third-order valence-electron chi connectivity index (χ3n) is 3.23. The van der Waals surface area contributed by atoms with E-state index in [1.165, 1.54) is 12.3 Å². The van der Waals surface area contributed by atoms with E-state index in [4.69, 9.17) is 16.9 Å². The number of aromatic nitrogens is 1. The average molecular weight is 266 g/mol. The van der Waals surface area contributed by atoms with Crippen molar-refractivity contribution in [1.29, 1.82) is 5.26 Å². The number of carboxylic acids is 1. The third kappa shape index (κ3) is 2.12. The number of carboxylic acid groups (broad SMARTS) is 1. The van der Waals surface area contributed by atoms with Gasteiger partial charge < -0.3 is 10.4 Å². The maximum atomic E-state index is 11.4. The van der Waals surface area contributed by atoms with E-state index < -0.39 is 11.5 Å².